The summed E-state index contributed by atoms with van der Waals surface area (Å²) in [5.41, 5.74) is 0. The van der Waals surface area contributed by atoms with Crippen molar-refractivity contribution in [1.82, 2.24) is 4.90 Å². The SMILES string of the molecule is CN(CC1CCO1)C1CCCCC1. The summed E-state index contributed by atoms with van der Waals surface area (Å²) in [5.74, 6) is 0. The van der Waals surface area contributed by atoms with E-state index in [9.17, 15) is 0 Å². The molecule has 0 spiro atoms. The molecule has 0 aromatic carbocycles. The van der Waals surface area contributed by atoms with Gasteiger partial charge in [-0.2, -0.15) is 0 Å². The van der Waals surface area contributed by atoms with Gasteiger partial charge in [-0.3, -0.25) is 0 Å². The minimum absolute atomic E-state index is 0.548. The zero-order valence-electron chi connectivity index (χ0n) is 8.67. The molecule has 1 saturated carbocycles. The molecule has 0 amide bonds. The van der Waals surface area contributed by atoms with Crippen LogP contribution in [0, 0.1) is 0 Å². The van der Waals surface area contributed by atoms with Crippen molar-refractivity contribution in [3.63, 3.8) is 0 Å². The van der Waals surface area contributed by atoms with Gasteiger partial charge in [0, 0.05) is 19.2 Å². The van der Waals surface area contributed by atoms with E-state index in [1.165, 1.54) is 38.5 Å². The molecule has 1 aliphatic heterocycles. The second kappa shape index (κ2) is 4.43. The maximum atomic E-state index is 5.45. The van der Waals surface area contributed by atoms with Crippen LogP contribution in [0.5, 0.6) is 0 Å². The van der Waals surface area contributed by atoms with Crippen LogP contribution in [0.2, 0.25) is 0 Å². The molecule has 2 fully saturated rings. The van der Waals surface area contributed by atoms with Gasteiger partial charge in [-0.15, -0.1) is 0 Å². The lowest BCUT2D eigenvalue weighted by atomic mass is 9.94. The minimum Gasteiger partial charge on any atom is -0.377 e. The summed E-state index contributed by atoms with van der Waals surface area (Å²) >= 11 is 0. The van der Waals surface area contributed by atoms with Gasteiger partial charge in [0.1, 0.15) is 0 Å². The largest absolute Gasteiger partial charge is 0.377 e. The van der Waals surface area contributed by atoms with E-state index in [1.54, 1.807) is 0 Å². The summed E-state index contributed by atoms with van der Waals surface area (Å²) in [6.07, 6.45) is 8.95. The lowest BCUT2D eigenvalue weighted by Gasteiger charge is -2.36. The molecule has 1 heterocycles. The van der Waals surface area contributed by atoms with Gasteiger partial charge in [-0.05, 0) is 26.3 Å². The lowest BCUT2D eigenvalue weighted by Crippen LogP contribution is -2.43. The van der Waals surface area contributed by atoms with E-state index < -0.39 is 0 Å². The van der Waals surface area contributed by atoms with Crippen LogP contribution < -0.4 is 0 Å². The van der Waals surface area contributed by atoms with Crippen LogP contribution in [-0.4, -0.2) is 37.2 Å². The second-order valence-corrected chi connectivity index (χ2v) is 4.51. The number of rotatable bonds is 3. The van der Waals surface area contributed by atoms with Crippen molar-refractivity contribution < 1.29 is 4.74 Å². The Labute approximate surface area is 81.3 Å². The van der Waals surface area contributed by atoms with E-state index in [2.05, 4.69) is 11.9 Å². The summed E-state index contributed by atoms with van der Waals surface area (Å²) < 4.78 is 5.45. The van der Waals surface area contributed by atoms with Crippen molar-refractivity contribution >= 4 is 0 Å². The third kappa shape index (κ3) is 2.44. The normalized spacial score (nSPS) is 30.5. The summed E-state index contributed by atoms with van der Waals surface area (Å²) in [7, 11) is 2.26. The van der Waals surface area contributed by atoms with Crippen molar-refractivity contribution in [2.24, 2.45) is 0 Å². The highest BCUT2D eigenvalue weighted by atomic mass is 16.5. The van der Waals surface area contributed by atoms with E-state index in [4.69, 9.17) is 4.74 Å². The first kappa shape index (κ1) is 9.47. The van der Waals surface area contributed by atoms with Crippen LogP contribution in [0.25, 0.3) is 0 Å². The molecule has 0 aromatic rings. The molecule has 2 nitrogen and oxygen atoms in total. The van der Waals surface area contributed by atoms with E-state index >= 15 is 0 Å². The van der Waals surface area contributed by atoms with Crippen molar-refractivity contribution in [2.45, 2.75) is 50.7 Å². The Morgan fingerprint density at radius 2 is 1.85 bits per heavy atom. The molecule has 2 aliphatic rings. The van der Waals surface area contributed by atoms with Gasteiger partial charge < -0.3 is 9.64 Å². The molecule has 1 atom stereocenters. The first-order valence-corrected chi connectivity index (χ1v) is 5.68. The standard InChI is InChI=1S/C11H21NO/c1-12(9-11-7-8-13-11)10-5-3-2-4-6-10/h10-11H,2-9H2,1H3. The maximum Gasteiger partial charge on any atom is 0.0723 e. The van der Waals surface area contributed by atoms with Crippen molar-refractivity contribution in [3.8, 4) is 0 Å². The van der Waals surface area contributed by atoms with Crippen molar-refractivity contribution in [2.75, 3.05) is 20.2 Å². The zero-order chi connectivity index (χ0) is 9.10. The molecule has 0 radical (unpaired) electrons. The van der Waals surface area contributed by atoms with Crippen LogP contribution in [0.4, 0.5) is 0 Å². The monoisotopic (exact) mass is 183 g/mol. The highest BCUT2D eigenvalue weighted by Crippen LogP contribution is 2.23. The van der Waals surface area contributed by atoms with E-state index in [1.807, 2.05) is 0 Å². The van der Waals surface area contributed by atoms with Gasteiger partial charge in [0.15, 0.2) is 0 Å². The van der Waals surface area contributed by atoms with Gasteiger partial charge in [0.2, 0.25) is 0 Å². The molecule has 2 rings (SSSR count). The summed E-state index contributed by atoms with van der Waals surface area (Å²) in [5, 5.41) is 0. The fourth-order valence-corrected chi connectivity index (χ4v) is 2.42. The average Bonchev–Trinajstić information content (AvgIpc) is 2.12. The van der Waals surface area contributed by atoms with Crippen LogP contribution in [-0.2, 0) is 4.74 Å². The second-order valence-electron chi connectivity index (χ2n) is 4.51. The van der Waals surface area contributed by atoms with E-state index in [-0.39, 0.29) is 0 Å². The number of hydrogen-bond donors (Lipinski definition) is 0. The predicted molar refractivity (Wildman–Crippen MR) is 53.9 cm³/mol. The molecule has 1 unspecified atom stereocenters. The van der Waals surface area contributed by atoms with Gasteiger partial charge in [-0.1, -0.05) is 19.3 Å². The predicted octanol–water partition coefficient (Wildman–Crippen LogP) is 2.04. The van der Waals surface area contributed by atoms with Crippen LogP contribution >= 0.6 is 0 Å². The van der Waals surface area contributed by atoms with Gasteiger partial charge in [0.25, 0.3) is 0 Å². The van der Waals surface area contributed by atoms with Crippen LogP contribution in [0.1, 0.15) is 38.5 Å². The molecule has 0 N–H and O–H groups in total. The number of hydrogen-bond acceptors (Lipinski definition) is 2. The molecule has 1 aliphatic carbocycles. The summed E-state index contributed by atoms with van der Waals surface area (Å²) in [4.78, 5) is 2.52. The van der Waals surface area contributed by atoms with E-state index in [0.29, 0.717) is 6.10 Å². The number of nitrogens with zero attached hydrogens (tertiary/aromatic N) is 1. The zero-order valence-corrected chi connectivity index (χ0v) is 8.67. The molecule has 76 valence electrons. The molecular weight excluding hydrogens is 162 g/mol. The Balaban J connectivity index is 1.70. The Morgan fingerprint density at radius 3 is 2.38 bits per heavy atom. The first-order chi connectivity index (χ1) is 6.36. The Hall–Kier alpha value is -0.0800. The highest BCUT2D eigenvalue weighted by molar-refractivity contribution is 4.77. The van der Waals surface area contributed by atoms with Crippen molar-refractivity contribution in [1.29, 1.82) is 0 Å². The van der Waals surface area contributed by atoms with Gasteiger partial charge in [0.05, 0.1) is 6.10 Å². The Bertz CT molecular complexity index is 150. The summed E-state index contributed by atoms with van der Waals surface area (Å²) in [6, 6.07) is 0.845. The molecular formula is C11H21NO. The fourth-order valence-electron chi connectivity index (χ4n) is 2.42. The fraction of sp³-hybridized carbons (Fsp3) is 1.00. The average molecular weight is 183 g/mol. The molecule has 2 heteroatoms. The Morgan fingerprint density at radius 1 is 1.15 bits per heavy atom. The first-order valence-electron chi connectivity index (χ1n) is 5.68. The van der Waals surface area contributed by atoms with Crippen molar-refractivity contribution in [3.05, 3.63) is 0 Å². The molecule has 0 aromatic heterocycles. The molecule has 0 bridgehead atoms. The van der Waals surface area contributed by atoms with Gasteiger partial charge in [-0.25, -0.2) is 0 Å². The molecule has 1 saturated heterocycles. The summed E-state index contributed by atoms with van der Waals surface area (Å²) in [6.45, 7) is 2.15. The van der Waals surface area contributed by atoms with Crippen LogP contribution in [0.3, 0.4) is 0 Å². The topological polar surface area (TPSA) is 12.5 Å². The highest BCUT2D eigenvalue weighted by Gasteiger charge is 2.24. The van der Waals surface area contributed by atoms with Gasteiger partial charge >= 0.3 is 0 Å². The smallest absolute Gasteiger partial charge is 0.0723 e. The molecule has 13 heavy (non-hydrogen) atoms. The number of ether oxygens (including phenoxy) is 1. The maximum absolute atomic E-state index is 5.45. The van der Waals surface area contributed by atoms with Crippen LogP contribution in [0.15, 0.2) is 0 Å². The third-order valence-corrected chi connectivity index (χ3v) is 3.48. The number of likely N-dealkylation sites (N-methyl/N-ethyl adjacent to an activating group) is 1. The minimum atomic E-state index is 0.548. The lowest BCUT2D eigenvalue weighted by molar-refractivity contribution is -0.0698. The third-order valence-electron chi connectivity index (χ3n) is 3.48. The Kier molecular flexibility index (Phi) is 3.23. The quantitative estimate of drug-likeness (QED) is 0.664. The van der Waals surface area contributed by atoms with E-state index in [0.717, 1.165) is 19.2 Å².